The van der Waals surface area contributed by atoms with Crippen LogP contribution < -0.4 is 0 Å². The topological polar surface area (TPSA) is 40.5 Å². The van der Waals surface area contributed by atoms with Crippen LogP contribution in [0.3, 0.4) is 0 Å². The number of aryl methyl sites for hydroxylation is 1. The number of carbonyl (C=O) groups is 1. The molecule has 1 aliphatic rings. The predicted octanol–water partition coefficient (Wildman–Crippen LogP) is 1.82. The van der Waals surface area contributed by atoms with Gasteiger partial charge in [0.25, 0.3) is 0 Å². The van der Waals surface area contributed by atoms with Gasteiger partial charge in [0.2, 0.25) is 0 Å². The van der Waals surface area contributed by atoms with Gasteiger partial charge in [-0.3, -0.25) is 9.69 Å². The van der Waals surface area contributed by atoms with E-state index >= 15 is 0 Å². The molecule has 0 aliphatic carbocycles. The fourth-order valence-electron chi connectivity index (χ4n) is 2.08. The van der Waals surface area contributed by atoms with Crippen molar-refractivity contribution in [1.82, 2.24) is 4.90 Å². The first-order chi connectivity index (χ1) is 7.58. The Labute approximate surface area is 95.7 Å². The number of carboxylic acid groups (broad SMARTS) is 1. The molecule has 1 aliphatic heterocycles. The molecule has 0 aromatic heterocycles. The van der Waals surface area contributed by atoms with Gasteiger partial charge >= 0.3 is 5.97 Å². The average molecular weight is 219 g/mol. The average Bonchev–Trinajstić information content (AvgIpc) is 2.16. The molecule has 0 amide bonds. The van der Waals surface area contributed by atoms with Gasteiger partial charge in [0.15, 0.2) is 0 Å². The van der Waals surface area contributed by atoms with Crippen LogP contribution >= 0.6 is 0 Å². The molecule has 0 atom stereocenters. The third kappa shape index (κ3) is 2.09. The molecule has 2 rings (SSSR count). The summed E-state index contributed by atoms with van der Waals surface area (Å²) in [4.78, 5) is 12.9. The van der Waals surface area contributed by atoms with Gasteiger partial charge in [0, 0.05) is 19.6 Å². The highest BCUT2D eigenvalue weighted by molar-refractivity contribution is 5.71. The summed E-state index contributed by atoms with van der Waals surface area (Å²) in [6, 6.07) is 6.29. The van der Waals surface area contributed by atoms with E-state index in [1.807, 2.05) is 0 Å². The Balaban J connectivity index is 1.97. The van der Waals surface area contributed by atoms with Crippen LogP contribution in [-0.4, -0.2) is 29.1 Å². The first-order valence-corrected chi connectivity index (χ1v) is 5.58. The second kappa shape index (κ2) is 4.26. The zero-order valence-corrected chi connectivity index (χ0v) is 9.73. The Bertz CT molecular complexity index is 408. The molecule has 0 bridgehead atoms. The van der Waals surface area contributed by atoms with Crippen LogP contribution in [0.1, 0.15) is 16.7 Å². The number of rotatable bonds is 3. The first kappa shape index (κ1) is 11.1. The highest BCUT2D eigenvalue weighted by Gasteiger charge is 2.32. The Morgan fingerprint density at radius 1 is 1.44 bits per heavy atom. The summed E-state index contributed by atoms with van der Waals surface area (Å²) < 4.78 is 0. The lowest BCUT2D eigenvalue weighted by molar-refractivity contribution is -0.147. The van der Waals surface area contributed by atoms with E-state index in [2.05, 4.69) is 36.9 Å². The Hall–Kier alpha value is -1.35. The summed E-state index contributed by atoms with van der Waals surface area (Å²) in [6.45, 7) is 6.47. The number of hydrogen-bond acceptors (Lipinski definition) is 2. The molecule has 1 aromatic rings. The van der Waals surface area contributed by atoms with Crippen molar-refractivity contribution >= 4 is 5.97 Å². The van der Waals surface area contributed by atoms with E-state index in [0.29, 0.717) is 13.1 Å². The van der Waals surface area contributed by atoms with Crippen LogP contribution in [-0.2, 0) is 11.3 Å². The van der Waals surface area contributed by atoms with Crippen LogP contribution in [0.25, 0.3) is 0 Å². The molecule has 1 saturated heterocycles. The third-order valence-corrected chi connectivity index (χ3v) is 3.42. The maximum atomic E-state index is 10.7. The zero-order chi connectivity index (χ0) is 11.7. The Morgan fingerprint density at radius 3 is 2.75 bits per heavy atom. The third-order valence-electron chi connectivity index (χ3n) is 3.42. The normalized spacial score (nSPS) is 17.1. The van der Waals surface area contributed by atoms with Gasteiger partial charge in [-0.1, -0.05) is 18.2 Å². The Morgan fingerprint density at radius 2 is 2.12 bits per heavy atom. The molecular weight excluding hydrogens is 202 g/mol. The summed E-state index contributed by atoms with van der Waals surface area (Å²) in [5, 5.41) is 8.79. The summed E-state index contributed by atoms with van der Waals surface area (Å²) >= 11 is 0. The van der Waals surface area contributed by atoms with Crippen molar-refractivity contribution in [3.05, 3.63) is 34.9 Å². The lowest BCUT2D eigenvalue weighted by Gasteiger charge is -2.37. The molecule has 16 heavy (non-hydrogen) atoms. The summed E-state index contributed by atoms with van der Waals surface area (Å²) in [6.07, 6.45) is 0. The summed E-state index contributed by atoms with van der Waals surface area (Å²) in [5.41, 5.74) is 3.93. The lowest BCUT2D eigenvalue weighted by atomic mass is 9.97. The quantitative estimate of drug-likeness (QED) is 0.843. The second-order valence-corrected chi connectivity index (χ2v) is 4.59. The molecule has 1 heterocycles. The van der Waals surface area contributed by atoms with E-state index in [-0.39, 0.29) is 5.92 Å². The molecule has 1 aromatic carbocycles. The van der Waals surface area contributed by atoms with Gasteiger partial charge in [-0.15, -0.1) is 0 Å². The molecule has 0 spiro atoms. The monoisotopic (exact) mass is 219 g/mol. The SMILES string of the molecule is Cc1cccc(CN2CC(C(=O)O)C2)c1C. The molecule has 1 fully saturated rings. The highest BCUT2D eigenvalue weighted by Crippen LogP contribution is 2.21. The largest absolute Gasteiger partial charge is 0.481 e. The van der Waals surface area contributed by atoms with E-state index in [4.69, 9.17) is 5.11 Å². The van der Waals surface area contributed by atoms with Crippen LogP contribution in [0, 0.1) is 19.8 Å². The van der Waals surface area contributed by atoms with Gasteiger partial charge < -0.3 is 5.11 Å². The van der Waals surface area contributed by atoms with E-state index in [1.165, 1.54) is 16.7 Å². The van der Waals surface area contributed by atoms with Gasteiger partial charge in [-0.05, 0) is 30.5 Å². The number of benzene rings is 1. The van der Waals surface area contributed by atoms with Crippen molar-refractivity contribution in [3.8, 4) is 0 Å². The van der Waals surface area contributed by atoms with Crippen molar-refractivity contribution < 1.29 is 9.90 Å². The minimum atomic E-state index is -0.669. The predicted molar refractivity (Wildman–Crippen MR) is 62.3 cm³/mol. The number of carboxylic acids is 1. The number of hydrogen-bond donors (Lipinski definition) is 1. The van der Waals surface area contributed by atoms with E-state index in [0.717, 1.165) is 6.54 Å². The zero-order valence-electron chi connectivity index (χ0n) is 9.73. The maximum absolute atomic E-state index is 10.7. The smallest absolute Gasteiger partial charge is 0.309 e. The van der Waals surface area contributed by atoms with Crippen LogP contribution in [0.2, 0.25) is 0 Å². The number of likely N-dealkylation sites (tertiary alicyclic amines) is 1. The molecule has 0 radical (unpaired) electrons. The fourth-order valence-corrected chi connectivity index (χ4v) is 2.08. The standard InChI is InChI=1S/C13H17NO2/c1-9-4-3-5-11(10(9)2)6-14-7-12(8-14)13(15)16/h3-5,12H,6-8H2,1-2H3,(H,15,16). The van der Waals surface area contributed by atoms with E-state index in [1.54, 1.807) is 0 Å². The van der Waals surface area contributed by atoms with Gasteiger partial charge in [-0.25, -0.2) is 0 Å². The lowest BCUT2D eigenvalue weighted by Crippen LogP contribution is -2.49. The molecular formula is C13H17NO2. The maximum Gasteiger partial charge on any atom is 0.309 e. The van der Waals surface area contributed by atoms with Crippen molar-refractivity contribution in [3.63, 3.8) is 0 Å². The fraction of sp³-hybridized carbons (Fsp3) is 0.462. The van der Waals surface area contributed by atoms with Crippen LogP contribution in [0.4, 0.5) is 0 Å². The summed E-state index contributed by atoms with van der Waals surface area (Å²) in [5.74, 6) is -0.831. The number of aliphatic carboxylic acids is 1. The molecule has 3 heteroatoms. The highest BCUT2D eigenvalue weighted by atomic mass is 16.4. The van der Waals surface area contributed by atoms with Gasteiger partial charge in [0.1, 0.15) is 0 Å². The molecule has 3 nitrogen and oxygen atoms in total. The minimum Gasteiger partial charge on any atom is -0.481 e. The van der Waals surface area contributed by atoms with Crippen molar-refractivity contribution in [2.24, 2.45) is 5.92 Å². The summed E-state index contributed by atoms with van der Waals surface area (Å²) in [7, 11) is 0. The number of nitrogens with zero attached hydrogens (tertiary/aromatic N) is 1. The van der Waals surface area contributed by atoms with Crippen molar-refractivity contribution in [2.45, 2.75) is 20.4 Å². The molecule has 0 saturated carbocycles. The van der Waals surface area contributed by atoms with E-state index in [9.17, 15) is 4.79 Å². The first-order valence-electron chi connectivity index (χ1n) is 5.58. The van der Waals surface area contributed by atoms with Crippen molar-refractivity contribution in [1.29, 1.82) is 0 Å². The van der Waals surface area contributed by atoms with E-state index < -0.39 is 5.97 Å². The van der Waals surface area contributed by atoms with Crippen molar-refractivity contribution in [2.75, 3.05) is 13.1 Å². The van der Waals surface area contributed by atoms with Gasteiger partial charge in [0.05, 0.1) is 5.92 Å². The van der Waals surface area contributed by atoms with Crippen LogP contribution in [0.5, 0.6) is 0 Å². The second-order valence-electron chi connectivity index (χ2n) is 4.59. The van der Waals surface area contributed by atoms with Crippen LogP contribution in [0.15, 0.2) is 18.2 Å². The van der Waals surface area contributed by atoms with Gasteiger partial charge in [-0.2, -0.15) is 0 Å². The molecule has 86 valence electrons. The molecule has 0 unspecified atom stereocenters. The minimum absolute atomic E-state index is 0.162. The Kier molecular flexibility index (Phi) is 2.97. The molecule has 1 N–H and O–H groups in total.